The molecule has 0 radical (unpaired) electrons. The third kappa shape index (κ3) is 3.46. The molecular formula is C14H28N2. The summed E-state index contributed by atoms with van der Waals surface area (Å²) in [5, 5.41) is 0. The Balaban J connectivity index is 1.72. The first-order valence-electron chi connectivity index (χ1n) is 7.22. The molecule has 0 amide bonds. The lowest BCUT2D eigenvalue weighted by Gasteiger charge is -2.37. The Bertz CT molecular complexity index is 197. The van der Waals surface area contributed by atoms with E-state index in [0.717, 1.165) is 11.8 Å². The van der Waals surface area contributed by atoms with E-state index in [1.54, 1.807) is 0 Å². The summed E-state index contributed by atoms with van der Waals surface area (Å²) in [5.41, 5.74) is 0. The van der Waals surface area contributed by atoms with Crippen molar-refractivity contribution < 1.29 is 0 Å². The van der Waals surface area contributed by atoms with Gasteiger partial charge in [-0.1, -0.05) is 13.8 Å². The molecule has 0 N–H and O–H groups in total. The van der Waals surface area contributed by atoms with Crippen molar-refractivity contribution in [3.63, 3.8) is 0 Å². The van der Waals surface area contributed by atoms with Gasteiger partial charge in [0.05, 0.1) is 0 Å². The van der Waals surface area contributed by atoms with Gasteiger partial charge < -0.3 is 9.80 Å². The van der Waals surface area contributed by atoms with Crippen LogP contribution < -0.4 is 0 Å². The van der Waals surface area contributed by atoms with Gasteiger partial charge in [-0.2, -0.15) is 0 Å². The molecule has 16 heavy (non-hydrogen) atoms. The molecule has 2 rings (SSSR count). The van der Waals surface area contributed by atoms with Gasteiger partial charge in [0.2, 0.25) is 0 Å². The fourth-order valence-electron chi connectivity index (χ4n) is 3.20. The second kappa shape index (κ2) is 6.02. The van der Waals surface area contributed by atoms with Gasteiger partial charge >= 0.3 is 0 Å². The summed E-state index contributed by atoms with van der Waals surface area (Å²) in [6, 6.07) is 0. The first-order chi connectivity index (χ1) is 7.78. The average Bonchev–Trinajstić information content (AvgIpc) is 2.32. The van der Waals surface area contributed by atoms with Crippen LogP contribution in [0.1, 0.15) is 39.5 Å². The van der Waals surface area contributed by atoms with Crippen LogP contribution in [0.15, 0.2) is 0 Å². The largest absolute Gasteiger partial charge is 0.303 e. The van der Waals surface area contributed by atoms with Crippen molar-refractivity contribution in [1.29, 1.82) is 0 Å². The smallest absolute Gasteiger partial charge is 0.00219 e. The topological polar surface area (TPSA) is 6.48 Å². The minimum Gasteiger partial charge on any atom is -0.303 e. The van der Waals surface area contributed by atoms with Crippen LogP contribution in [-0.2, 0) is 0 Å². The number of piperidine rings is 2. The van der Waals surface area contributed by atoms with E-state index in [4.69, 9.17) is 0 Å². The Kier molecular flexibility index (Phi) is 4.66. The van der Waals surface area contributed by atoms with Crippen molar-refractivity contribution >= 4 is 0 Å². The quantitative estimate of drug-likeness (QED) is 0.726. The Morgan fingerprint density at radius 2 is 1.75 bits per heavy atom. The maximum Gasteiger partial charge on any atom is 0.00219 e. The second-order valence-corrected chi connectivity index (χ2v) is 5.88. The molecule has 2 nitrogen and oxygen atoms in total. The molecule has 2 aliphatic heterocycles. The van der Waals surface area contributed by atoms with Crippen molar-refractivity contribution in [3.8, 4) is 0 Å². The molecular weight excluding hydrogens is 196 g/mol. The molecule has 0 aliphatic carbocycles. The Labute approximate surface area is 101 Å². The fraction of sp³-hybridized carbons (Fsp3) is 1.00. The Morgan fingerprint density at radius 1 is 1.00 bits per heavy atom. The lowest BCUT2D eigenvalue weighted by atomic mass is 9.94. The summed E-state index contributed by atoms with van der Waals surface area (Å²) in [6.07, 6.45) is 5.72. The highest BCUT2D eigenvalue weighted by Crippen LogP contribution is 2.21. The van der Waals surface area contributed by atoms with Crippen LogP contribution in [0.25, 0.3) is 0 Å². The van der Waals surface area contributed by atoms with Crippen molar-refractivity contribution in [2.24, 2.45) is 11.8 Å². The van der Waals surface area contributed by atoms with E-state index in [1.807, 2.05) is 0 Å². The second-order valence-electron chi connectivity index (χ2n) is 5.88. The normalized spacial score (nSPS) is 30.8. The maximum absolute atomic E-state index is 2.71. The van der Waals surface area contributed by atoms with Gasteiger partial charge in [-0.15, -0.1) is 0 Å². The molecule has 2 saturated heterocycles. The molecule has 2 fully saturated rings. The molecule has 94 valence electrons. The molecule has 0 bridgehead atoms. The van der Waals surface area contributed by atoms with E-state index in [9.17, 15) is 0 Å². The third-order valence-electron chi connectivity index (χ3n) is 4.44. The van der Waals surface area contributed by atoms with E-state index in [0.29, 0.717) is 0 Å². The van der Waals surface area contributed by atoms with Gasteiger partial charge in [0.15, 0.2) is 0 Å². The highest BCUT2D eigenvalue weighted by atomic mass is 15.2. The first-order valence-corrected chi connectivity index (χ1v) is 7.22. The SMILES string of the molecule is CCN1CCC[C@@H](CN2CCC(C)CC2)C1. The summed E-state index contributed by atoms with van der Waals surface area (Å²) in [5.74, 6) is 1.91. The number of hydrogen-bond donors (Lipinski definition) is 0. The number of rotatable bonds is 3. The van der Waals surface area contributed by atoms with Crippen LogP contribution in [0.5, 0.6) is 0 Å². The zero-order chi connectivity index (χ0) is 11.4. The summed E-state index contributed by atoms with van der Waals surface area (Å²) < 4.78 is 0. The Morgan fingerprint density at radius 3 is 2.44 bits per heavy atom. The summed E-state index contributed by atoms with van der Waals surface area (Å²) in [6.45, 7) is 12.7. The standard InChI is InChI=1S/C14H28N2/c1-3-15-8-4-5-14(11-15)12-16-9-6-13(2)7-10-16/h13-14H,3-12H2,1-2H3/t14-/m1/s1. The summed E-state index contributed by atoms with van der Waals surface area (Å²) >= 11 is 0. The van der Waals surface area contributed by atoms with Gasteiger partial charge in [0.25, 0.3) is 0 Å². The van der Waals surface area contributed by atoms with Crippen LogP contribution in [0.2, 0.25) is 0 Å². The first kappa shape index (κ1) is 12.4. The van der Waals surface area contributed by atoms with E-state index in [1.165, 1.54) is 65.0 Å². The summed E-state index contributed by atoms with van der Waals surface area (Å²) in [7, 11) is 0. The van der Waals surface area contributed by atoms with E-state index < -0.39 is 0 Å². The van der Waals surface area contributed by atoms with Gasteiger partial charge in [-0.05, 0) is 63.7 Å². The van der Waals surface area contributed by atoms with E-state index in [2.05, 4.69) is 23.6 Å². The van der Waals surface area contributed by atoms with Crippen LogP contribution in [0.4, 0.5) is 0 Å². The number of hydrogen-bond acceptors (Lipinski definition) is 2. The van der Waals surface area contributed by atoms with E-state index >= 15 is 0 Å². The maximum atomic E-state index is 2.71. The number of nitrogens with zero attached hydrogens (tertiary/aromatic N) is 2. The van der Waals surface area contributed by atoms with Crippen molar-refractivity contribution in [1.82, 2.24) is 9.80 Å². The summed E-state index contributed by atoms with van der Waals surface area (Å²) in [4.78, 5) is 5.34. The Hall–Kier alpha value is -0.0800. The molecule has 0 spiro atoms. The van der Waals surface area contributed by atoms with Crippen molar-refractivity contribution in [2.45, 2.75) is 39.5 Å². The lowest BCUT2D eigenvalue weighted by Crippen LogP contribution is -2.43. The molecule has 1 atom stereocenters. The van der Waals surface area contributed by atoms with Gasteiger partial charge in [0, 0.05) is 13.1 Å². The van der Waals surface area contributed by atoms with Gasteiger partial charge in [-0.3, -0.25) is 0 Å². The fourth-order valence-corrected chi connectivity index (χ4v) is 3.20. The molecule has 2 aliphatic rings. The van der Waals surface area contributed by atoms with Crippen LogP contribution in [0.3, 0.4) is 0 Å². The molecule has 0 aromatic heterocycles. The van der Waals surface area contributed by atoms with Gasteiger partial charge in [0.1, 0.15) is 0 Å². The predicted molar refractivity (Wildman–Crippen MR) is 69.7 cm³/mol. The lowest BCUT2D eigenvalue weighted by molar-refractivity contribution is 0.115. The van der Waals surface area contributed by atoms with Gasteiger partial charge in [-0.25, -0.2) is 0 Å². The molecule has 0 aromatic carbocycles. The molecule has 0 unspecified atom stereocenters. The van der Waals surface area contributed by atoms with E-state index in [-0.39, 0.29) is 0 Å². The molecule has 2 heteroatoms. The van der Waals surface area contributed by atoms with Crippen molar-refractivity contribution in [3.05, 3.63) is 0 Å². The van der Waals surface area contributed by atoms with Crippen LogP contribution in [0, 0.1) is 11.8 Å². The predicted octanol–water partition coefficient (Wildman–Crippen LogP) is 2.45. The molecule has 2 heterocycles. The zero-order valence-corrected chi connectivity index (χ0v) is 11.1. The monoisotopic (exact) mass is 224 g/mol. The van der Waals surface area contributed by atoms with Crippen LogP contribution in [-0.4, -0.2) is 49.1 Å². The average molecular weight is 224 g/mol. The van der Waals surface area contributed by atoms with Crippen LogP contribution >= 0.6 is 0 Å². The molecule has 0 aromatic rings. The van der Waals surface area contributed by atoms with Crippen molar-refractivity contribution in [2.75, 3.05) is 39.3 Å². The highest BCUT2D eigenvalue weighted by Gasteiger charge is 2.23. The molecule has 0 saturated carbocycles. The minimum atomic E-state index is 0.946. The highest BCUT2D eigenvalue weighted by molar-refractivity contribution is 4.77. The minimum absolute atomic E-state index is 0.946. The number of likely N-dealkylation sites (tertiary alicyclic amines) is 2. The zero-order valence-electron chi connectivity index (χ0n) is 11.1. The third-order valence-corrected chi connectivity index (χ3v) is 4.44.